The summed E-state index contributed by atoms with van der Waals surface area (Å²) in [4.78, 5) is 0. The number of hydrogen-bond donors (Lipinski definition) is 0. The molecule has 0 N–H and O–H groups in total. The number of aryl methyl sites for hydroxylation is 2. The van der Waals surface area contributed by atoms with E-state index in [2.05, 4.69) is 6.92 Å². The van der Waals surface area contributed by atoms with E-state index in [-0.39, 0.29) is 10.8 Å². The van der Waals surface area contributed by atoms with E-state index in [0.29, 0.717) is 23.8 Å². The topological polar surface area (TPSA) is 9.23 Å². The van der Waals surface area contributed by atoms with Crippen molar-refractivity contribution >= 4 is 22.4 Å². The lowest BCUT2D eigenvalue weighted by atomic mass is 9.97. The number of benzene rings is 4. The van der Waals surface area contributed by atoms with Gasteiger partial charge in [-0.15, -0.1) is 0 Å². The van der Waals surface area contributed by atoms with Gasteiger partial charge in [0.1, 0.15) is 17.4 Å². The summed E-state index contributed by atoms with van der Waals surface area (Å²) in [6, 6.07) is 22.3. The van der Waals surface area contributed by atoms with Crippen molar-refractivity contribution in [3.05, 3.63) is 101 Å². The summed E-state index contributed by atoms with van der Waals surface area (Å²) in [6.45, 7) is 2.86. The third kappa shape index (κ3) is 5.11. The molecule has 0 saturated carbocycles. The van der Waals surface area contributed by atoms with Gasteiger partial charge in [0.25, 0.3) is 0 Å². The molecule has 4 aromatic carbocycles. The van der Waals surface area contributed by atoms with E-state index in [0.717, 1.165) is 47.3 Å². The van der Waals surface area contributed by atoms with Gasteiger partial charge < -0.3 is 4.74 Å². The Morgan fingerprint density at radius 3 is 2.34 bits per heavy atom. The van der Waals surface area contributed by atoms with Crippen LogP contribution >= 0.6 is 11.6 Å². The van der Waals surface area contributed by atoms with Crippen LogP contribution in [0.1, 0.15) is 30.9 Å². The smallest absolute Gasteiger partial charge is 0.142 e. The van der Waals surface area contributed by atoms with Gasteiger partial charge in [-0.05, 0) is 77.2 Å². The normalized spacial score (nSPS) is 11.1. The van der Waals surface area contributed by atoms with Crippen molar-refractivity contribution < 1.29 is 13.5 Å². The average Bonchev–Trinajstić information content (AvgIpc) is 2.81. The number of hydrogen-bond acceptors (Lipinski definition) is 1. The van der Waals surface area contributed by atoms with Crippen molar-refractivity contribution in [2.75, 3.05) is 6.61 Å². The van der Waals surface area contributed by atoms with Crippen molar-refractivity contribution in [2.24, 2.45) is 0 Å². The molecular formula is C28H25ClF2O. The number of rotatable bonds is 8. The maximum atomic E-state index is 15.1. The van der Waals surface area contributed by atoms with Crippen LogP contribution in [0.2, 0.25) is 5.02 Å². The van der Waals surface area contributed by atoms with Gasteiger partial charge >= 0.3 is 0 Å². The van der Waals surface area contributed by atoms with E-state index in [9.17, 15) is 4.39 Å². The highest BCUT2D eigenvalue weighted by atomic mass is 35.5. The Morgan fingerprint density at radius 2 is 1.59 bits per heavy atom. The third-order valence-electron chi connectivity index (χ3n) is 5.66. The van der Waals surface area contributed by atoms with Crippen molar-refractivity contribution in [1.29, 1.82) is 0 Å². The molecule has 0 spiro atoms. The lowest BCUT2D eigenvalue weighted by Gasteiger charge is -2.10. The predicted molar refractivity (Wildman–Crippen MR) is 129 cm³/mol. The number of fused-ring (bicyclic) bond motifs is 1. The van der Waals surface area contributed by atoms with Crippen LogP contribution in [0.3, 0.4) is 0 Å². The first kappa shape index (κ1) is 22.3. The highest BCUT2D eigenvalue weighted by molar-refractivity contribution is 6.30. The minimum atomic E-state index is -0.448. The molecule has 0 atom stereocenters. The van der Waals surface area contributed by atoms with Gasteiger partial charge in [0.05, 0.1) is 11.6 Å². The molecule has 0 amide bonds. The van der Waals surface area contributed by atoms with Gasteiger partial charge in [-0.1, -0.05) is 67.4 Å². The van der Waals surface area contributed by atoms with Crippen LogP contribution in [0.25, 0.3) is 21.9 Å². The molecule has 0 unspecified atom stereocenters. The second kappa shape index (κ2) is 10.1. The van der Waals surface area contributed by atoms with E-state index in [4.69, 9.17) is 16.3 Å². The van der Waals surface area contributed by atoms with Gasteiger partial charge in [0, 0.05) is 5.39 Å². The molecule has 0 aliphatic heterocycles. The Bertz CT molecular complexity index is 1220. The maximum absolute atomic E-state index is 15.1. The fourth-order valence-corrected chi connectivity index (χ4v) is 3.88. The van der Waals surface area contributed by atoms with Crippen molar-refractivity contribution in [2.45, 2.75) is 32.6 Å². The Hall–Kier alpha value is -2.91. The summed E-state index contributed by atoms with van der Waals surface area (Å²) in [7, 11) is 0. The van der Waals surface area contributed by atoms with Gasteiger partial charge in [0.2, 0.25) is 0 Å². The quantitative estimate of drug-likeness (QED) is 0.245. The number of ether oxygens (including phenoxy) is 1. The summed E-state index contributed by atoms with van der Waals surface area (Å²) in [5, 5.41) is 1.54. The molecule has 0 bridgehead atoms. The zero-order valence-corrected chi connectivity index (χ0v) is 18.8. The first-order chi connectivity index (χ1) is 15.5. The first-order valence-corrected chi connectivity index (χ1v) is 11.3. The first-order valence-electron chi connectivity index (χ1n) is 10.9. The minimum absolute atomic E-state index is 0.0973. The van der Waals surface area contributed by atoms with Gasteiger partial charge in [-0.25, -0.2) is 8.78 Å². The van der Waals surface area contributed by atoms with Gasteiger partial charge in [-0.2, -0.15) is 0 Å². The fourth-order valence-electron chi connectivity index (χ4n) is 3.76. The second-order valence-corrected chi connectivity index (χ2v) is 8.36. The summed E-state index contributed by atoms with van der Waals surface area (Å²) < 4.78 is 34.5. The van der Waals surface area contributed by atoms with E-state index in [1.54, 1.807) is 6.07 Å². The number of halogens is 3. The van der Waals surface area contributed by atoms with E-state index < -0.39 is 5.82 Å². The standard InChI is InChI=1S/C28H25ClF2O/c1-2-3-16-32-24-12-9-20(10-13-24)22-11-14-25-23(18-22)8-7-21(28(25)31)6-4-19-5-15-26(29)27(30)17-19/h5,7-15,17-18H,2-4,6,16H2,1H3. The molecule has 4 aromatic rings. The molecule has 0 aliphatic carbocycles. The van der Waals surface area contributed by atoms with Crippen LogP contribution in [0.15, 0.2) is 72.8 Å². The van der Waals surface area contributed by atoms with Gasteiger partial charge in [0.15, 0.2) is 0 Å². The van der Waals surface area contributed by atoms with Crippen molar-refractivity contribution in [1.82, 2.24) is 0 Å². The summed E-state index contributed by atoms with van der Waals surface area (Å²) in [5.74, 6) is 0.193. The zero-order valence-electron chi connectivity index (χ0n) is 18.0. The number of unbranched alkanes of at least 4 members (excludes halogenated alkanes) is 1. The lowest BCUT2D eigenvalue weighted by Crippen LogP contribution is -1.97. The Morgan fingerprint density at radius 1 is 0.812 bits per heavy atom. The van der Waals surface area contributed by atoms with Crippen LogP contribution in [-0.4, -0.2) is 6.61 Å². The van der Waals surface area contributed by atoms with Crippen LogP contribution in [-0.2, 0) is 12.8 Å². The highest BCUT2D eigenvalue weighted by Crippen LogP contribution is 2.29. The van der Waals surface area contributed by atoms with E-state index in [1.165, 1.54) is 12.1 Å². The Labute approximate surface area is 192 Å². The van der Waals surface area contributed by atoms with Crippen molar-refractivity contribution in [3.63, 3.8) is 0 Å². The Balaban J connectivity index is 1.51. The van der Waals surface area contributed by atoms with Crippen LogP contribution in [0, 0.1) is 11.6 Å². The Kier molecular flexibility index (Phi) is 7.06. The van der Waals surface area contributed by atoms with E-state index >= 15 is 4.39 Å². The molecular weight excluding hydrogens is 426 g/mol. The molecule has 164 valence electrons. The average molecular weight is 451 g/mol. The second-order valence-electron chi connectivity index (χ2n) is 7.95. The molecule has 0 radical (unpaired) electrons. The van der Waals surface area contributed by atoms with Crippen LogP contribution in [0.5, 0.6) is 5.75 Å². The molecule has 0 saturated heterocycles. The predicted octanol–water partition coefficient (Wildman–Crippen LogP) is 8.40. The molecule has 0 aliphatic rings. The molecule has 1 nitrogen and oxygen atoms in total. The zero-order chi connectivity index (χ0) is 22.5. The molecule has 4 heteroatoms. The van der Waals surface area contributed by atoms with Crippen molar-refractivity contribution in [3.8, 4) is 16.9 Å². The SMILES string of the molecule is CCCCOc1ccc(-c2ccc3c(F)c(CCc4ccc(Cl)c(F)c4)ccc3c2)cc1. The lowest BCUT2D eigenvalue weighted by molar-refractivity contribution is 0.309. The molecule has 0 heterocycles. The van der Waals surface area contributed by atoms with Gasteiger partial charge in [-0.3, -0.25) is 0 Å². The highest BCUT2D eigenvalue weighted by Gasteiger charge is 2.10. The van der Waals surface area contributed by atoms with Crippen LogP contribution < -0.4 is 4.74 Å². The summed E-state index contributed by atoms with van der Waals surface area (Å²) >= 11 is 5.74. The van der Waals surface area contributed by atoms with Crippen LogP contribution in [0.4, 0.5) is 8.78 Å². The summed E-state index contributed by atoms with van der Waals surface area (Å²) in [5.41, 5.74) is 3.50. The molecule has 0 fully saturated rings. The maximum Gasteiger partial charge on any atom is 0.142 e. The molecule has 4 rings (SSSR count). The molecule has 0 aromatic heterocycles. The fraction of sp³-hybridized carbons (Fsp3) is 0.214. The largest absolute Gasteiger partial charge is 0.494 e. The molecule has 32 heavy (non-hydrogen) atoms. The van der Waals surface area contributed by atoms with E-state index in [1.807, 2.05) is 54.6 Å². The summed E-state index contributed by atoms with van der Waals surface area (Å²) in [6.07, 6.45) is 3.18. The minimum Gasteiger partial charge on any atom is -0.494 e. The monoisotopic (exact) mass is 450 g/mol. The third-order valence-corrected chi connectivity index (χ3v) is 5.96.